The normalized spacial score (nSPS) is 10.6. The molecule has 0 unspecified atom stereocenters. The predicted molar refractivity (Wildman–Crippen MR) is 66.7 cm³/mol. The summed E-state index contributed by atoms with van der Waals surface area (Å²) in [5.74, 6) is 0.747. The number of nitrogens with two attached hydrogens (primary N) is 1. The number of hydrogen-bond acceptors (Lipinski definition) is 3. The Kier molecular flexibility index (Phi) is 3.22. The Labute approximate surface area is 93.5 Å². The third-order valence-corrected chi connectivity index (χ3v) is 2.45. The van der Waals surface area contributed by atoms with Crippen molar-refractivity contribution >= 4 is 16.6 Å². The monoisotopic (exact) mass is 217 g/mol. The fourth-order valence-corrected chi connectivity index (χ4v) is 1.63. The molecule has 4 heteroatoms. The van der Waals surface area contributed by atoms with Crippen molar-refractivity contribution in [2.45, 2.75) is 6.42 Å². The zero-order chi connectivity index (χ0) is 11.4. The minimum absolute atomic E-state index is 0.0617. The Bertz CT molecular complexity index is 533. The number of aromatic nitrogens is 1. The minimum Gasteiger partial charge on any atom is -0.371 e. The van der Waals surface area contributed by atoms with Crippen LogP contribution in [0.3, 0.4) is 0 Å². The molecular formula is C12H15N3O. The number of rotatable bonds is 4. The summed E-state index contributed by atoms with van der Waals surface area (Å²) in [4.78, 5) is 14.5. The van der Waals surface area contributed by atoms with Gasteiger partial charge in [0.05, 0.1) is 0 Å². The van der Waals surface area contributed by atoms with Crippen molar-refractivity contribution in [3.8, 4) is 0 Å². The van der Waals surface area contributed by atoms with Crippen molar-refractivity contribution < 1.29 is 0 Å². The van der Waals surface area contributed by atoms with E-state index in [1.807, 2.05) is 30.3 Å². The summed E-state index contributed by atoms with van der Waals surface area (Å²) in [6.45, 7) is 1.41. The van der Waals surface area contributed by atoms with Gasteiger partial charge in [-0.15, -0.1) is 0 Å². The van der Waals surface area contributed by atoms with Crippen molar-refractivity contribution in [1.82, 2.24) is 4.98 Å². The quantitative estimate of drug-likeness (QED) is 0.676. The highest BCUT2D eigenvalue weighted by molar-refractivity contribution is 5.83. The van der Waals surface area contributed by atoms with Crippen LogP contribution in [0.1, 0.15) is 6.42 Å². The third kappa shape index (κ3) is 2.23. The van der Waals surface area contributed by atoms with Gasteiger partial charge in [-0.25, -0.2) is 0 Å². The number of benzene rings is 1. The Morgan fingerprint density at radius 1 is 1.31 bits per heavy atom. The number of nitrogens with one attached hydrogen (secondary N) is 2. The van der Waals surface area contributed by atoms with Crippen molar-refractivity contribution in [1.29, 1.82) is 0 Å². The summed E-state index contributed by atoms with van der Waals surface area (Å²) in [5, 5.41) is 4.80. The molecule has 4 N–H and O–H groups in total. The maximum absolute atomic E-state index is 11.7. The Hall–Kier alpha value is -1.81. The lowest BCUT2D eigenvalue weighted by Gasteiger charge is -2.06. The van der Waals surface area contributed by atoms with Gasteiger partial charge < -0.3 is 16.0 Å². The molecule has 1 heterocycles. The lowest BCUT2D eigenvalue weighted by Crippen LogP contribution is -2.13. The second-order valence-corrected chi connectivity index (χ2v) is 3.67. The first-order valence-electron chi connectivity index (χ1n) is 5.37. The molecule has 4 nitrogen and oxygen atoms in total. The average Bonchev–Trinajstić information content (AvgIpc) is 2.30. The maximum Gasteiger partial charge on any atom is 0.257 e. The molecular weight excluding hydrogens is 202 g/mol. The first-order chi connectivity index (χ1) is 7.81. The molecule has 84 valence electrons. The van der Waals surface area contributed by atoms with E-state index in [0.717, 1.165) is 24.2 Å². The smallest absolute Gasteiger partial charge is 0.257 e. The lowest BCUT2D eigenvalue weighted by molar-refractivity contribution is 0.870. The average molecular weight is 217 g/mol. The summed E-state index contributed by atoms with van der Waals surface area (Å²) >= 11 is 0. The number of fused-ring (bicyclic) bond motifs is 1. The molecule has 2 rings (SSSR count). The molecule has 0 aliphatic carbocycles. The van der Waals surface area contributed by atoms with Gasteiger partial charge in [-0.3, -0.25) is 4.79 Å². The van der Waals surface area contributed by atoms with Gasteiger partial charge in [0.1, 0.15) is 5.82 Å². The van der Waals surface area contributed by atoms with Crippen LogP contribution in [-0.4, -0.2) is 18.1 Å². The van der Waals surface area contributed by atoms with E-state index in [0.29, 0.717) is 11.9 Å². The minimum atomic E-state index is -0.0617. The third-order valence-electron chi connectivity index (χ3n) is 2.45. The summed E-state index contributed by atoms with van der Waals surface area (Å²) in [6, 6.07) is 9.47. The second kappa shape index (κ2) is 4.81. The van der Waals surface area contributed by atoms with E-state index in [9.17, 15) is 4.79 Å². The highest BCUT2D eigenvalue weighted by atomic mass is 16.1. The van der Waals surface area contributed by atoms with Crippen molar-refractivity contribution in [2.24, 2.45) is 5.73 Å². The van der Waals surface area contributed by atoms with E-state index in [1.54, 1.807) is 0 Å². The van der Waals surface area contributed by atoms with Gasteiger partial charge in [0.15, 0.2) is 0 Å². The molecule has 16 heavy (non-hydrogen) atoms. The van der Waals surface area contributed by atoms with Crippen LogP contribution in [0.15, 0.2) is 35.1 Å². The molecule has 0 saturated carbocycles. The van der Waals surface area contributed by atoms with Crippen molar-refractivity contribution in [2.75, 3.05) is 18.4 Å². The molecule has 0 saturated heterocycles. The standard InChI is InChI=1S/C12H15N3O/c13-6-3-7-14-11-8-9-4-1-2-5-10(9)12(16)15-11/h1-2,4-5,8H,3,6-7,13H2,(H2,14,15,16). The van der Waals surface area contributed by atoms with Crippen LogP contribution in [0.5, 0.6) is 0 Å². The van der Waals surface area contributed by atoms with Gasteiger partial charge in [0.25, 0.3) is 5.56 Å². The molecule has 0 aliphatic rings. The zero-order valence-electron chi connectivity index (χ0n) is 8.99. The topological polar surface area (TPSA) is 70.9 Å². The number of pyridine rings is 1. The molecule has 1 aromatic heterocycles. The maximum atomic E-state index is 11.7. The van der Waals surface area contributed by atoms with Gasteiger partial charge in [-0.05, 0) is 30.5 Å². The number of H-pyrrole nitrogens is 1. The van der Waals surface area contributed by atoms with Crippen molar-refractivity contribution in [3.05, 3.63) is 40.7 Å². The highest BCUT2D eigenvalue weighted by Crippen LogP contribution is 2.12. The summed E-state index contributed by atoms with van der Waals surface area (Å²) in [5.41, 5.74) is 5.34. The van der Waals surface area contributed by atoms with Crippen LogP contribution in [0.2, 0.25) is 0 Å². The fourth-order valence-electron chi connectivity index (χ4n) is 1.63. The molecule has 0 fully saturated rings. The van der Waals surface area contributed by atoms with Gasteiger partial charge in [0, 0.05) is 11.9 Å². The number of hydrogen-bond donors (Lipinski definition) is 3. The van der Waals surface area contributed by atoms with Crippen LogP contribution in [0.4, 0.5) is 5.82 Å². The summed E-state index contributed by atoms with van der Waals surface area (Å²) in [6.07, 6.45) is 0.884. The predicted octanol–water partition coefficient (Wildman–Crippen LogP) is 1.29. The molecule has 0 radical (unpaired) electrons. The molecule has 0 atom stereocenters. The Balaban J connectivity index is 2.31. The van der Waals surface area contributed by atoms with Gasteiger partial charge in [-0.1, -0.05) is 18.2 Å². The van der Waals surface area contributed by atoms with E-state index >= 15 is 0 Å². The zero-order valence-corrected chi connectivity index (χ0v) is 8.99. The first-order valence-corrected chi connectivity index (χ1v) is 5.37. The van der Waals surface area contributed by atoms with Gasteiger partial charge >= 0.3 is 0 Å². The summed E-state index contributed by atoms with van der Waals surface area (Å²) in [7, 11) is 0. The van der Waals surface area contributed by atoms with Crippen molar-refractivity contribution in [3.63, 3.8) is 0 Å². The van der Waals surface area contributed by atoms with Crippen LogP contribution in [-0.2, 0) is 0 Å². The van der Waals surface area contributed by atoms with Crippen LogP contribution in [0.25, 0.3) is 10.8 Å². The van der Waals surface area contributed by atoms with Gasteiger partial charge in [0.2, 0.25) is 0 Å². The van der Waals surface area contributed by atoms with E-state index in [4.69, 9.17) is 5.73 Å². The molecule has 0 amide bonds. The van der Waals surface area contributed by atoms with Crippen LogP contribution in [0, 0.1) is 0 Å². The van der Waals surface area contributed by atoms with E-state index in [2.05, 4.69) is 10.3 Å². The second-order valence-electron chi connectivity index (χ2n) is 3.67. The SMILES string of the molecule is NCCCNc1cc2ccccc2c(=O)[nH]1. The fraction of sp³-hybridized carbons (Fsp3) is 0.250. The Morgan fingerprint density at radius 3 is 2.94 bits per heavy atom. The first kappa shape index (κ1) is 10.7. The number of anilines is 1. The van der Waals surface area contributed by atoms with Crippen LogP contribution >= 0.6 is 0 Å². The van der Waals surface area contributed by atoms with Crippen LogP contribution < -0.4 is 16.6 Å². The van der Waals surface area contributed by atoms with E-state index in [-0.39, 0.29) is 5.56 Å². The molecule has 0 bridgehead atoms. The van der Waals surface area contributed by atoms with Gasteiger partial charge in [-0.2, -0.15) is 0 Å². The highest BCUT2D eigenvalue weighted by Gasteiger charge is 1.99. The number of aromatic amines is 1. The summed E-state index contributed by atoms with van der Waals surface area (Å²) < 4.78 is 0. The van der Waals surface area contributed by atoms with E-state index < -0.39 is 0 Å². The molecule has 1 aromatic carbocycles. The lowest BCUT2D eigenvalue weighted by atomic mass is 10.2. The largest absolute Gasteiger partial charge is 0.371 e. The van der Waals surface area contributed by atoms with E-state index in [1.165, 1.54) is 0 Å². The molecule has 0 aliphatic heterocycles. The molecule has 0 spiro atoms. The Morgan fingerprint density at radius 2 is 2.12 bits per heavy atom. The molecule has 2 aromatic rings.